The summed E-state index contributed by atoms with van der Waals surface area (Å²) < 4.78 is 40.1. The summed E-state index contributed by atoms with van der Waals surface area (Å²) >= 11 is 0.947. The first-order valence-corrected chi connectivity index (χ1v) is 12.3. The number of pyridine rings is 1. The molecule has 3 heterocycles. The van der Waals surface area contributed by atoms with Crippen LogP contribution in [-0.2, 0) is 16.0 Å². The molecule has 1 aliphatic heterocycles. The Morgan fingerprint density at radius 3 is 2.69 bits per heavy atom. The van der Waals surface area contributed by atoms with E-state index in [9.17, 15) is 13.6 Å². The van der Waals surface area contributed by atoms with Gasteiger partial charge in [-0.25, -0.2) is 13.8 Å². The van der Waals surface area contributed by atoms with Crippen molar-refractivity contribution in [3.63, 3.8) is 0 Å². The molecule has 1 aliphatic rings. The molecule has 0 radical (unpaired) electrons. The normalized spacial score (nSPS) is 14.5. The van der Waals surface area contributed by atoms with Crippen LogP contribution in [0.3, 0.4) is 0 Å². The van der Waals surface area contributed by atoms with E-state index in [0.717, 1.165) is 45.6 Å². The predicted molar refractivity (Wildman–Crippen MR) is 134 cm³/mol. The lowest BCUT2D eigenvalue weighted by Crippen LogP contribution is -2.27. The van der Waals surface area contributed by atoms with Crippen LogP contribution in [0.5, 0.6) is 5.75 Å². The van der Waals surface area contributed by atoms with Gasteiger partial charge < -0.3 is 9.47 Å². The van der Waals surface area contributed by atoms with Gasteiger partial charge in [0.25, 0.3) is 6.43 Å². The van der Waals surface area contributed by atoms with E-state index in [4.69, 9.17) is 9.47 Å². The Morgan fingerprint density at radius 2 is 2.00 bits per heavy atom. The molecule has 1 atom stereocenters. The topological polar surface area (TPSA) is 61.3 Å². The predicted octanol–water partition coefficient (Wildman–Crippen LogP) is 7.14. The summed E-state index contributed by atoms with van der Waals surface area (Å²) in [5.74, 6) is 0.580. The maximum absolute atomic E-state index is 13.7. The van der Waals surface area contributed by atoms with Gasteiger partial charge in [0.05, 0.1) is 27.9 Å². The number of halogens is 2. The average molecular weight is 497 g/mol. The van der Waals surface area contributed by atoms with Crippen LogP contribution < -0.4 is 4.74 Å². The van der Waals surface area contributed by atoms with E-state index in [1.54, 1.807) is 12.3 Å². The second kappa shape index (κ2) is 8.60. The highest BCUT2D eigenvalue weighted by molar-refractivity contribution is 7.19. The molecular weight excluding hydrogens is 470 g/mol. The summed E-state index contributed by atoms with van der Waals surface area (Å²) in [5.41, 5.74) is 4.50. The smallest absolute Gasteiger partial charge is 0.289 e. The standard InChI is InChI=1S/C27H26F2N2O3S/c1-13-12-17-24(35-26(31-17)25(28)29)21(19(13)23(14(2)32)34-27(3,4)5)16-6-7-18-20-15(9-11-33-18)8-10-30-22(16)20/h6-8,10,12,23,25H,9,11H2,1-5H3/t23-/m1/s1. The molecule has 0 unspecified atom stereocenters. The summed E-state index contributed by atoms with van der Waals surface area (Å²) in [5, 5.41) is 0.652. The number of aryl methyl sites for hydroxylation is 1. The number of fused-ring (bicyclic) bond motifs is 1. The zero-order valence-corrected chi connectivity index (χ0v) is 21.1. The summed E-state index contributed by atoms with van der Waals surface area (Å²) in [6.07, 6.45) is -1.06. The Hall–Kier alpha value is -2.97. The molecule has 0 saturated carbocycles. The van der Waals surface area contributed by atoms with Crippen LogP contribution in [0.2, 0.25) is 0 Å². The van der Waals surface area contributed by atoms with E-state index < -0.39 is 18.1 Å². The van der Waals surface area contributed by atoms with Crippen LogP contribution in [0.1, 0.15) is 61.9 Å². The zero-order valence-electron chi connectivity index (χ0n) is 20.2. The summed E-state index contributed by atoms with van der Waals surface area (Å²) in [7, 11) is 0. The van der Waals surface area contributed by atoms with E-state index >= 15 is 0 Å². The van der Waals surface area contributed by atoms with Crippen LogP contribution in [0, 0.1) is 6.92 Å². The molecule has 8 heteroatoms. The fraction of sp³-hybridized carbons (Fsp3) is 0.370. The number of ether oxygens (including phenoxy) is 2. The second-order valence-corrected chi connectivity index (χ2v) is 10.8. The lowest BCUT2D eigenvalue weighted by molar-refractivity contribution is -0.138. The van der Waals surface area contributed by atoms with Crippen molar-refractivity contribution >= 4 is 38.2 Å². The van der Waals surface area contributed by atoms with E-state index in [2.05, 4.69) is 9.97 Å². The number of hydrogen-bond donors (Lipinski definition) is 0. The number of hydrogen-bond acceptors (Lipinski definition) is 6. The molecule has 0 amide bonds. The molecule has 2 aromatic heterocycles. The van der Waals surface area contributed by atoms with Gasteiger partial charge in [-0.15, -0.1) is 11.3 Å². The molecule has 5 nitrogen and oxygen atoms in total. The number of benzene rings is 2. The fourth-order valence-electron chi connectivity index (χ4n) is 4.73. The summed E-state index contributed by atoms with van der Waals surface area (Å²) in [6, 6.07) is 7.53. The van der Waals surface area contributed by atoms with Crippen molar-refractivity contribution in [1.29, 1.82) is 0 Å². The zero-order chi connectivity index (χ0) is 25.1. The van der Waals surface area contributed by atoms with Gasteiger partial charge >= 0.3 is 0 Å². The number of rotatable bonds is 5. The SMILES string of the molecule is CC(=O)[C@@H](OC(C)(C)C)c1c(C)cc2nc(C(F)F)sc2c1-c1ccc2c3c(ccnc13)CCO2. The number of carbonyl (C=O) groups is 1. The third kappa shape index (κ3) is 4.19. The summed E-state index contributed by atoms with van der Waals surface area (Å²) in [6.45, 7) is 9.61. The van der Waals surface area contributed by atoms with Gasteiger partial charge in [0, 0.05) is 34.7 Å². The monoisotopic (exact) mass is 496 g/mol. The van der Waals surface area contributed by atoms with Crippen molar-refractivity contribution < 1.29 is 23.0 Å². The van der Waals surface area contributed by atoms with Gasteiger partial charge in [-0.3, -0.25) is 9.78 Å². The number of ketones is 1. The molecule has 0 aliphatic carbocycles. The van der Waals surface area contributed by atoms with Crippen molar-refractivity contribution in [2.75, 3.05) is 6.61 Å². The van der Waals surface area contributed by atoms with E-state index in [-0.39, 0.29) is 10.8 Å². The Labute approximate surface area is 206 Å². The van der Waals surface area contributed by atoms with Crippen molar-refractivity contribution in [3.05, 3.63) is 52.2 Å². The lowest BCUT2D eigenvalue weighted by Gasteiger charge is -2.29. The molecule has 5 rings (SSSR count). The first-order valence-electron chi connectivity index (χ1n) is 11.5. The van der Waals surface area contributed by atoms with Gasteiger partial charge in [0.2, 0.25) is 0 Å². The van der Waals surface area contributed by atoms with Crippen LogP contribution >= 0.6 is 11.3 Å². The van der Waals surface area contributed by atoms with E-state index in [1.165, 1.54) is 6.92 Å². The molecule has 0 bridgehead atoms. The minimum atomic E-state index is -2.69. The minimum Gasteiger partial charge on any atom is -0.493 e. The molecule has 0 fully saturated rings. The van der Waals surface area contributed by atoms with Crippen molar-refractivity contribution in [2.45, 2.75) is 59.2 Å². The van der Waals surface area contributed by atoms with Gasteiger partial charge in [0.1, 0.15) is 11.9 Å². The number of Topliss-reactive ketones (excluding diaryl/α,β-unsaturated/α-hetero) is 1. The van der Waals surface area contributed by atoms with E-state index in [0.29, 0.717) is 33.5 Å². The largest absolute Gasteiger partial charge is 0.493 e. The highest BCUT2D eigenvalue weighted by atomic mass is 32.1. The quantitative estimate of drug-likeness (QED) is 0.294. The first-order chi connectivity index (χ1) is 16.5. The number of aromatic nitrogens is 2. The highest BCUT2D eigenvalue weighted by Crippen LogP contribution is 2.47. The lowest BCUT2D eigenvalue weighted by atomic mass is 9.88. The van der Waals surface area contributed by atoms with Crippen molar-refractivity contribution in [3.8, 4) is 16.9 Å². The molecule has 4 aromatic rings. The Morgan fingerprint density at radius 1 is 1.23 bits per heavy atom. The van der Waals surface area contributed by atoms with Gasteiger partial charge in [-0.1, -0.05) is 0 Å². The van der Waals surface area contributed by atoms with Gasteiger partial charge in [-0.05, 0) is 70.0 Å². The molecule has 182 valence electrons. The molecule has 0 N–H and O–H groups in total. The van der Waals surface area contributed by atoms with Crippen LogP contribution in [0.25, 0.3) is 32.2 Å². The third-order valence-electron chi connectivity index (χ3n) is 6.07. The Bertz CT molecular complexity index is 1460. The van der Waals surface area contributed by atoms with E-state index in [1.807, 2.05) is 45.9 Å². The Balaban J connectivity index is 1.91. The maximum atomic E-state index is 13.7. The second-order valence-electron chi connectivity index (χ2n) is 9.81. The molecular formula is C27H26F2N2O3S. The maximum Gasteiger partial charge on any atom is 0.289 e. The first kappa shape index (κ1) is 23.8. The van der Waals surface area contributed by atoms with Crippen molar-refractivity contribution in [2.24, 2.45) is 0 Å². The highest BCUT2D eigenvalue weighted by Gasteiger charge is 2.32. The fourth-order valence-corrected chi connectivity index (χ4v) is 5.70. The van der Waals surface area contributed by atoms with Crippen molar-refractivity contribution in [1.82, 2.24) is 9.97 Å². The van der Waals surface area contributed by atoms with Crippen LogP contribution in [-0.4, -0.2) is 28.0 Å². The average Bonchev–Trinajstić information content (AvgIpc) is 3.21. The summed E-state index contributed by atoms with van der Waals surface area (Å²) in [4.78, 5) is 21.9. The molecule has 0 spiro atoms. The van der Waals surface area contributed by atoms with Crippen LogP contribution in [0.15, 0.2) is 30.5 Å². The Kier molecular flexibility index (Phi) is 5.84. The molecule has 2 aromatic carbocycles. The number of carbonyl (C=O) groups excluding carboxylic acids is 1. The number of thiazole rings is 1. The minimum absolute atomic E-state index is 0.166. The van der Waals surface area contributed by atoms with Crippen LogP contribution in [0.4, 0.5) is 8.78 Å². The number of nitrogens with zero attached hydrogens (tertiary/aromatic N) is 2. The molecule has 0 saturated heterocycles. The molecule has 35 heavy (non-hydrogen) atoms. The number of alkyl halides is 2. The third-order valence-corrected chi connectivity index (χ3v) is 7.17. The van der Waals surface area contributed by atoms with Gasteiger partial charge in [0.15, 0.2) is 10.8 Å². The van der Waals surface area contributed by atoms with Gasteiger partial charge in [-0.2, -0.15) is 0 Å².